The smallest absolute Gasteiger partial charge is 0.360 e. The SMILES string of the molecule is CCOC(=O)c1cnn(-c2ccc(O)cc2)n1. The third kappa shape index (κ3) is 2.41. The van der Waals surface area contributed by atoms with Crippen LogP contribution in [-0.4, -0.2) is 32.7 Å². The summed E-state index contributed by atoms with van der Waals surface area (Å²) < 4.78 is 4.80. The molecule has 1 aromatic heterocycles. The molecule has 1 aromatic carbocycles. The van der Waals surface area contributed by atoms with E-state index >= 15 is 0 Å². The number of phenols is 1. The summed E-state index contributed by atoms with van der Waals surface area (Å²) in [5.74, 6) is -0.343. The van der Waals surface area contributed by atoms with Gasteiger partial charge in [0.05, 0.1) is 18.5 Å². The summed E-state index contributed by atoms with van der Waals surface area (Å²) in [6.45, 7) is 2.02. The summed E-state index contributed by atoms with van der Waals surface area (Å²) in [4.78, 5) is 12.7. The first-order valence-electron chi connectivity index (χ1n) is 5.09. The van der Waals surface area contributed by atoms with Gasteiger partial charge in [0, 0.05) is 0 Å². The molecule has 17 heavy (non-hydrogen) atoms. The summed E-state index contributed by atoms with van der Waals surface area (Å²) >= 11 is 0. The number of aromatic nitrogens is 3. The van der Waals surface area contributed by atoms with Crippen LogP contribution in [0.3, 0.4) is 0 Å². The van der Waals surface area contributed by atoms with Gasteiger partial charge in [-0.1, -0.05) is 0 Å². The Labute approximate surface area is 97.4 Å². The van der Waals surface area contributed by atoms with E-state index in [1.54, 1.807) is 19.1 Å². The Hall–Kier alpha value is -2.37. The largest absolute Gasteiger partial charge is 0.508 e. The molecule has 1 N–H and O–H groups in total. The molecule has 2 rings (SSSR count). The molecule has 6 nitrogen and oxygen atoms in total. The number of esters is 1. The van der Waals surface area contributed by atoms with Crippen LogP contribution in [0, 0.1) is 0 Å². The molecule has 0 fully saturated rings. The minimum atomic E-state index is -0.502. The predicted molar refractivity (Wildman–Crippen MR) is 59.0 cm³/mol. The lowest BCUT2D eigenvalue weighted by Crippen LogP contribution is -2.06. The van der Waals surface area contributed by atoms with Gasteiger partial charge < -0.3 is 9.84 Å². The number of carbonyl (C=O) groups excluding carboxylic acids is 1. The number of ether oxygens (including phenoxy) is 1. The number of nitrogens with zero attached hydrogens (tertiary/aromatic N) is 3. The van der Waals surface area contributed by atoms with Gasteiger partial charge in [0.2, 0.25) is 0 Å². The van der Waals surface area contributed by atoms with Crippen molar-refractivity contribution < 1.29 is 14.6 Å². The van der Waals surface area contributed by atoms with Crippen LogP contribution < -0.4 is 0 Å². The quantitative estimate of drug-likeness (QED) is 0.804. The second kappa shape index (κ2) is 4.65. The van der Waals surface area contributed by atoms with Crippen LogP contribution in [0.2, 0.25) is 0 Å². The lowest BCUT2D eigenvalue weighted by atomic mass is 10.3. The average molecular weight is 233 g/mol. The maximum atomic E-state index is 11.4. The number of hydrogen-bond donors (Lipinski definition) is 1. The predicted octanol–water partition coefficient (Wildman–Crippen LogP) is 1.15. The van der Waals surface area contributed by atoms with Gasteiger partial charge in [-0.3, -0.25) is 0 Å². The fourth-order valence-corrected chi connectivity index (χ4v) is 1.27. The van der Waals surface area contributed by atoms with E-state index < -0.39 is 5.97 Å². The maximum absolute atomic E-state index is 11.4. The number of aromatic hydroxyl groups is 1. The van der Waals surface area contributed by atoms with Crippen molar-refractivity contribution in [3.05, 3.63) is 36.2 Å². The van der Waals surface area contributed by atoms with Crippen molar-refractivity contribution in [2.45, 2.75) is 6.92 Å². The molecular formula is C11H11N3O3. The van der Waals surface area contributed by atoms with E-state index in [-0.39, 0.29) is 11.4 Å². The van der Waals surface area contributed by atoms with Gasteiger partial charge in [0.25, 0.3) is 0 Å². The summed E-state index contributed by atoms with van der Waals surface area (Å²) in [6, 6.07) is 6.32. The van der Waals surface area contributed by atoms with Crippen molar-refractivity contribution in [3.8, 4) is 11.4 Å². The molecule has 0 spiro atoms. The summed E-state index contributed by atoms with van der Waals surface area (Å²) in [5, 5.41) is 17.1. The molecule has 0 aliphatic heterocycles. The molecule has 0 amide bonds. The van der Waals surface area contributed by atoms with Crippen LogP contribution in [0.25, 0.3) is 5.69 Å². The fraction of sp³-hybridized carbons (Fsp3) is 0.182. The molecule has 0 radical (unpaired) electrons. The summed E-state index contributed by atoms with van der Waals surface area (Å²) in [6.07, 6.45) is 1.34. The van der Waals surface area contributed by atoms with Crippen LogP contribution in [0.5, 0.6) is 5.75 Å². The van der Waals surface area contributed by atoms with Gasteiger partial charge >= 0.3 is 5.97 Å². The molecule has 0 aliphatic carbocycles. The van der Waals surface area contributed by atoms with Crippen LogP contribution in [-0.2, 0) is 4.74 Å². The Balaban J connectivity index is 2.23. The third-order valence-corrected chi connectivity index (χ3v) is 2.06. The highest BCUT2D eigenvalue weighted by Gasteiger charge is 2.11. The van der Waals surface area contributed by atoms with E-state index in [4.69, 9.17) is 9.84 Å². The van der Waals surface area contributed by atoms with E-state index in [1.807, 2.05) is 0 Å². The topological polar surface area (TPSA) is 77.2 Å². The summed E-state index contributed by atoms with van der Waals surface area (Å²) in [5.41, 5.74) is 0.804. The number of benzene rings is 1. The molecule has 0 saturated carbocycles. The van der Waals surface area contributed by atoms with Crippen molar-refractivity contribution >= 4 is 5.97 Å². The van der Waals surface area contributed by atoms with E-state index in [2.05, 4.69) is 10.2 Å². The first-order valence-corrected chi connectivity index (χ1v) is 5.09. The van der Waals surface area contributed by atoms with Crippen LogP contribution in [0.15, 0.2) is 30.5 Å². The lowest BCUT2D eigenvalue weighted by molar-refractivity contribution is 0.0519. The second-order valence-electron chi connectivity index (χ2n) is 3.26. The molecule has 0 bridgehead atoms. The van der Waals surface area contributed by atoms with Gasteiger partial charge in [-0.15, -0.1) is 5.10 Å². The van der Waals surface area contributed by atoms with Crippen molar-refractivity contribution in [1.82, 2.24) is 15.0 Å². The number of hydrogen-bond acceptors (Lipinski definition) is 5. The van der Waals surface area contributed by atoms with Gasteiger partial charge in [0.15, 0.2) is 5.69 Å². The van der Waals surface area contributed by atoms with E-state index in [0.717, 1.165) is 0 Å². The Morgan fingerprint density at radius 1 is 1.41 bits per heavy atom. The van der Waals surface area contributed by atoms with Crippen molar-refractivity contribution in [2.24, 2.45) is 0 Å². The van der Waals surface area contributed by atoms with Crippen molar-refractivity contribution in [2.75, 3.05) is 6.61 Å². The zero-order valence-electron chi connectivity index (χ0n) is 9.20. The highest BCUT2D eigenvalue weighted by molar-refractivity contribution is 5.86. The molecule has 88 valence electrons. The zero-order chi connectivity index (χ0) is 12.3. The Bertz CT molecular complexity index is 519. The highest BCUT2D eigenvalue weighted by atomic mass is 16.5. The number of phenolic OH excluding ortho intramolecular Hbond substituents is 1. The minimum absolute atomic E-state index is 0.153. The van der Waals surface area contributed by atoms with Gasteiger partial charge in [-0.2, -0.15) is 9.90 Å². The Morgan fingerprint density at radius 3 is 2.76 bits per heavy atom. The molecular weight excluding hydrogens is 222 g/mol. The lowest BCUT2D eigenvalue weighted by Gasteiger charge is -1.99. The Kier molecular flexibility index (Phi) is 3.04. The first kappa shape index (κ1) is 11.1. The van der Waals surface area contributed by atoms with Crippen molar-refractivity contribution in [1.29, 1.82) is 0 Å². The molecule has 6 heteroatoms. The minimum Gasteiger partial charge on any atom is -0.508 e. The molecule has 0 atom stereocenters. The van der Waals surface area contributed by atoms with Gasteiger partial charge in [-0.05, 0) is 31.2 Å². The molecule has 2 aromatic rings. The monoisotopic (exact) mass is 233 g/mol. The van der Waals surface area contributed by atoms with Crippen LogP contribution >= 0.6 is 0 Å². The zero-order valence-corrected chi connectivity index (χ0v) is 9.20. The molecule has 1 heterocycles. The highest BCUT2D eigenvalue weighted by Crippen LogP contribution is 2.12. The van der Waals surface area contributed by atoms with Crippen LogP contribution in [0.1, 0.15) is 17.4 Å². The summed E-state index contributed by atoms with van der Waals surface area (Å²) in [7, 11) is 0. The molecule has 0 unspecified atom stereocenters. The van der Waals surface area contributed by atoms with Gasteiger partial charge in [-0.25, -0.2) is 4.79 Å². The van der Waals surface area contributed by atoms with Crippen molar-refractivity contribution in [3.63, 3.8) is 0 Å². The number of carbonyl (C=O) groups is 1. The standard InChI is InChI=1S/C11H11N3O3/c1-2-17-11(16)10-7-12-14(13-10)8-3-5-9(15)6-4-8/h3-7,15H,2H2,1H3. The van der Waals surface area contributed by atoms with E-state index in [1.165, 1.54) is 23.1 Å². The van der Waals surface area contributed by atoms with Gasteiger partial charge in [0.1, 0.15) is 5.75 Å². The Morgan fingerprint density at radius 2 is 2.12 bits per heavy atom. The molecule has 0 aliphatic rings. The van der Waals surface area contributed by atoms with E-state index in [9.17, 15) is 4.79 Å². The first-order chi connectivity index (χ1) is 8.20. The normalized spacial score (nSPS) is 10.2. The third-order valence-electron chi connectivity index (χ3n) is 2.06. The fourth-order valence-electron chi connectivity index (χ4n) is 1.27. The van der Waals surface area contributed by atoms with E-state index in [0.29, 0.717) is 12.3 Å². The molecule has 0 saturated heterocycles. The second-order valence-corrected chi connectivity index (χ2v) is 3.26. The number of rotatable bonds is 3. The van der Waals surface area contributed by atoms with Crippen LogP contribution in [0.4, 0.5) is 0 Å². The average Bonchev–Trinajstić information content (AvgIpc) is 2.80. The maximum Gasteiger partial charge on any atom is 0.360 e.